The summed E-state index contributed by atoms with van der Waals surface area (Å²) in [5.74, 6) is -2.08. The highest BCUT2D eigenvalue weighted by atomic mass is 32.2. The standard InChI is InChI=1S/C36H43N5O5.C26H25N3O6S/c1-25(34(43)46-36(2,3)4)40-21-19-39(20-22-40)23-30-24-41(35(44)45-30)29-17-15-28(16-18-29)32(37)38-33(42)31(26-11-7-5-8-12-26)27-13-9-6-10-14-27;1-36(32,33)34-17-22-16-29(26(31)35-22)21-14-12-20(13-15-21)24(27)28-25(30)23(18-8-4-2-5-9-18)19-10-6-3-7-11-19/h5-18,25,30-31H,19-24H2,1-4H3,(H2,37,38,42);2-15,22-23H,16-17H2,1H3,(H2,27,28,30). The molecule has 4 N–H and O–H groups in total. The van der Waals surface area contributed by atoms with Crippen LogP contribution in [0, 0.1) is 10.8 Å². The van der Waals surface area contributed by atoms with E-state index in [1.165, 1.54) is 4.90 Å². The largest absolute Gasteiger partial charge is 0.459 e. The Bertz CT molecular complexity index is 3230. The van der Waals surface area contributed by atoms with Crippen molar-refractivity contribution in [3.63, 3.8) is 0 Å². The fourth-order valence-electron chi connectivity index (χ4n) is 9.73. The molecule has 19 nitrogen and oxygen atoms in total. The Morgan fingerprint density at radius 2 is 0.951 bits per heavy atom. The van der Waals surface area contributed by atoms with Crippen LogP contribution in [0.3, 0.4) is 0 Å². The summed E-state index contributed by atoms with van der Waals surface area (Å²) in [5, 5.41) is 22.5. The number of amidine groups is 2. The number of ether oxygens (including phenoxy) is 3. The van der Waals surface area contributed by atoms with Gasteiger partial charge >= 0.3 is 18.2 Å². The maximum atomic E-state index is 13.4. The predicted molar refractivity (Wildman–Crippen MR) is 312 cm³/mol. The van der Waals surface area contributed by atoms with E-state index in [1.54, 1.807) is 53.4 Å². The number of cyclic esters (lactones) is 2. The topological polar surface area (TPSA) is 241 Å². The lowest BCUT2D eigenvalue weighted by Crippen LogP contribution is -2.54. The van der Waals surface area contributed by atoms with Crippen molar-refractivity contribution in [2.45, 2.75) is 63.4 Å². The van der Waals surface area contributed by atoms with Gasteiger partial charge in [-0.15, -0.1) is 0 Å². The van der Waals surface area contributed by atoms with Crippen molar-refractivity contribution < 1.29 is 50.8 Å². The van der Waals surface area contributed by atoms with E-state index in [2.05, 4.69) is 20.4 Å². The monoisotopic (exact) mass is 1130 g/mol. The number of anilines is 2. The molecular weight excluding hydrogens is 1060 g/mol. The Hall–Kier alpha value is -8.56. The van der Waals surface area contributed by atoms with Crippen molar-refractivity contribution in [1.82, 2.24) is 20.4 Å². The second-order valence-corrected chi connectivity index (χ2v) is 22.7. The van der Waals surface area contributed by atoms with Crippen LogP contribution in [-0.4, -0.2) is 142 Å². The summed E-state index contributed by atoms with van der Waals surface area (Å²) in [6.45, 7) is 11.4. The van der Waals surface area contributed by atoms with Crippen LogP contribution < -0.4 is 20.4 Å². The van der Waals surface area contributed by atoms with E-state index in [4.69, 9.17) is 29.2 Å². The number of nitrogens with one attached hydrogen (secondary N) is 4. The van der Waals surface area contributed by atoms with Gasteiger partial charge in [0.2, 0.25) is 11.8 Å². The molecule has 20 heteroatoms. The van der Waals surface area contributed by atoms with Crippen molar-refractivity contribution >= 4 is 63.1 Å². The van der Waals surface area contributed by atoms with Gasteiger partial charge in [-0.05, 0) is 98.5 Å². The van der Waals surface area contributed by atoms with Crippen LogP contribution in [0.15, 0.2) is 170 Å². The van der Waals surface area contributed by atoms with E-state index < -0.39 is 45.8 Å². The second kappa shape index (κ2) is 26.8. The van der Waals surface area contributed by atoms with Crippen LogP contribution in [-0.2, 0) is 42.9 Å². The molecule has 0 aromatic heterocycles. The first kappa shape index (κ1) is 59.6. The lowest BCUT2D eigenvalue weighted by molar-refractivity contribution is -0.161. The smallest absolute Gasteiger partial charge is 0.414 e. The number of carbonyl (C=O) groups is 5. The molecule has 0 aliphatic carbocycles. The van der Waals surface area contributed by atoms with Crippen molar-refractivity contribution in [2.75, 3.05) is 68.5 Å². The first-order valence-electron chi connectivity index (χ1n) is 26.9. The summed E-state index contributed by atoms with van der Waals surface area (Å²) in [7, 11) is -3.65. The van der Waals surface area contributed by atoms with Gasteiger partial charge in [0.05, 0.1) is 31.2 Å². The Morgan fingerprint density at radius 3 is 1.32 bits per heavy atom. The molecule has 0 spiro atoms. The predicted octanol–water partition coefficient (Wildman–Crippen LogP) is 7.89. The number of benzene rings is 6. The fraction of sp³-hybridized carbons (Fsp3) is 0.306. The maximum Gasteiger partial charge on any atom is 0.414 e. The normalized spacial score (nSPS) is 17.1. The summed E-state index contributed by atoms with van der Waals surface area (Å²) >= 11 is 0. The third-order valence-electron chi connectivity index (χ3n) is 13.9. The molecular formula is C62H68N8O11S. The molecule has 3 unspecified atom stereocenters. The van der Waals surface area contributed by atoms with Gasteiger partial charge in [-0.2, -0.15) is 8.42 Å². The minimum absolute atomic E-state index is 0.0181. The molecule has 3 aliphatic rings. The van der Waals surface area contributed by atoms with E-state index >= 15 is 0 Å². The molecule has 0 radical (unpaired) electrons. The Balaban J connectivity index is 0.000000221. The van der Waals surface area contributed by atoms with Crippen molar-refractivity contribution in [3.05, 3.63) is 203 Å². The average molecular weight is 1130 g/mol. The third kappa shape index (κ3) is 16.1. The lowest BCUT2D eigenvalue weighted by Gasteiger charge is -2.38. The van der Waals surface area contributed by atoms with Crippen LogP contribution in [0.5, 0.6) is 0 Å². The van der Waals surface area contributed by atoms with E-state index in [1.807, 2.05) is 149 Å². The van der Waals surface area contributed by atoms with Crippen molar-refractivity contribution in [1.29, 1.82) is 10.8 Å². The molecule has 3 heterocycles. The number of amides is 4. The van der Waals surface area contributed by atoms with Crippen LogP contribution in [0.25, 0.3) is 0 Å². The zero-order valence-electron chi connectivity index (χ0n) is 46.4. The maximum absolute atomic E-state index is 13.4. The van der Waals surface area contributed by atoms with E-state index in [0.29, 0.717) is 35.6 Å². The highest BCUT2D eigenvalue weighted by molar-refractivity contribution is 7.86. The molecule has 3 fully saturated rings. The van der Waals surface area contributed by atoms with E-state index in [0.717, 1.165) is 54.7 Å². The van der Waals surface area contributed by atoms with Gasteiger partial charge in [0, 0.05) is 55.2 Å². The number of hydrogen-bond donors (Lipinski definition) is 4. The number of nitrogens with zero attached hydrogens (tertiary/aromatic N) is 4. The van der Waals surface area contributed by atoms with Crippen molar-refractivity contribution in [3.8, 4) is 0 Å². The Labute approximate surface area is 478 Å². The van der Waals surface area contributed by atoms with E-state index in [9.17, 15) is 32.4 Å². The average Bonchev–Trinajstić information content (AvgIpc) is 4.17. The van der Waals surface area contributed by atoms with Gasteiger partial charge in [0.25, 0.3) is 10.1 Å². The van der Waals surface area contributed by atoms with Gasteiger partial charge in [-0.25, -0.2) is 9.59 Å². The number of esters is 1. The minimum atomic E-state index is -3.65. The summed E-state index contributed by atoms with van der Waals surface area (Å²) in [6, 6.07) is 50.9. The molecule has 6 aromatic rings. The molecule has 3 saturated heterocycles. The number of hydrogen-bond acceptors (Lipinski definition) is 15. The van der Waals surface area contributed by atoms with Crippen LogP contribution in [0.4, 0.5) is 21.0 Å². The van der Waals surface area contributed by atoms with Crippen molar-refractivity contribution in [2.24, 2.45) is 0 Å². The first-order valence-corrected chi connectivity index (χ1v) is 28.7. The molecule has 0 saturated carbocycles. The van der Waals surface area contributed by atoms with Gasteiger partial charge in [-0.3, -0.25) is 49.0 Å². The molecule has 428 valence electrons. The molecule has 9 rings (SSSR count). The zero-order valence-corrected chi connectivity index (χ0v) is 47.2. The van der Waals surface area contributed by atoms with Crippen LogP contribution in [0.1, 0.15) is 72.9 Å². The summed E-state index contributed by atoms with van der Waals surface area (Å²) < 4.78 is 43.5. The van der Waals surface area contributed by atoms with Crippen LogP contribution in [0.2, 0.25) is 0 Å². The molecule has 4 amide bonds. The summed E-state index contributed by atoms with van der Waals surface area (Å²) in [6.07, 6.45) is -1.12. The number of carbonyl (C=O) groups excluding carboxylic acids is 5. The quantitative estimate of drug-likeness (QED) is 0.0224. The Kier molecular flexibility index (Phi) is 19.5. The minimum Gasteiger partial charge on any atom is -0.459 e. The summed E-state index contributed by atoms with van der Waals surface area (Å²) in [4.78, 5) is 71.5. The highest BCUT2D eigenvalue weighted by Crippen LogP contribution is 2.29. The van der Waals surface area contributed by atoms with Gasteiger partial charge in [0.15, 0.2) is 0 Å². The molecule has 82 heavy (non-hydrogen) atoms. The van der Waals surface area contributed by atoms with Gasteiger partial charge < -0.3 is 24.8 Å². The fourth-order valence-corrected chi connectivity index (χ4v) is 10.1. The highest BCUT2D eigenvalue weighted by Gasteiger charge is 2.37. The van der Waals surface area contributed by atoms with Gasteiger partial charge in [0.1, 0.15) is 42.1 Å². The zero-order chi connectivity index (χ0) is 58.6. The lowest BCUT2D eigenvalue weighted by atomic mass is 9.90. The third-order valence-corrected chi connectivity index (χ3v) is 14.4. The second-order valence-electron chi connectivity index (χ2n) is 21.1. The number of piperazine rings is 1. The molecule has 3 aliphatic heterocycles. The molecule has 0 bridgehead atoms. The first-order chi connectivity index (χ1) is 39.2. The Morgan fingerprint density at radius 1 is 0.585 bits per heavy atom. The summed E-state index contributed by atoms with van der Waals surface area (Å²) in [5.41, 5.74) is 4.95. The SMILES string of the molecule is CC(C(=O)OC(C)(C)C)N1CCN(CC2CN(c3ccc(C(=N)NC(=O)C(c4ccccc4)c4ccccc4)cc3)C(=O)O2)CC1.CS(=O)(=O)OCC1CN(c2ccc(C(=N)NC(=O)C(c3ccccc3)c3ccccc3)cc2)C(=O)O1. The number of rotatable bonds is 17. The van der Waals surface area contributed by atoms with E-state index in [-0.39, 0.29) is 54.8 Å². The molecule has 3 atom stereocenters. The molecule has 6 aromatic carbocycles. The van der Waals surface area contributed by atoms with Gasteiger partial charge in [-0.1, -0.05) is 121 Å². The van der Waals surface area contributed by atoms with Crippen LogP contribution >= 0.6 is 0 Å².